The first-order valence-corrected chi connectivity index (χ1v) is 10.7. The van der Waals surface area contributed by atoms with Crippen LogP contribution < -0.4 is 9.20 Å². The number of ether oxygens (including phenoxy) is 1. The van der Waals surface area contributed by atoms with Crippen molar-refractivity contribution in [2.75, 3.05) is 7.11 Å². The van der Waals surface area contributed by atoms with Gasteiger partial charge in [0, 0.05) is 0 Å². The van der Waals surface area contributed by atoms with Gasteiger partial charge in [0.25, 0.3) is 0 Å². The van der Waals surface area contributed by atoms with E-state index in [0.29, 0.717) is 21.4 Å². The summed E-state index contributed by atoms with van der Waals surface area (Å²) in [4.78, 5) is 0. The Hall–Kier alpha value is -1.28. The van der Waals surface area contributed by atoms with Gasteiger partial charge in [-0.3, -0.25) is 0 Å². The number of hydrogen-bond donors (Lipinski definition) is 1. The quantitative estimate of drug-likeness (QED) is 0.661. The molecule has 0 aromatic heterocycles. The van der Waals surface area contributed by atoms with Gasteiger partial charge in [-0.25, -0.2) is 0 Å². The van der Waals surface area contributed by atoms with Crippen LogP contribution >= 0.6 is 0 Å². The molecule has 3 heteroatoms. The van der Waals surface area contributed by atoms with E-state index in [0.717, 1.165) is 30.3 Å². The summed E-state index contributed by atoms with van der Waals surface area (Å²) in [5.74, 6) is 0.871. The van der Waals surface area contributed by atoms with Gasteiger partial charge in [-0.2, -0.15) is 0 Å². The molecule has 0 amide bonds. The average Bonchev–Trinajstić information content (AvgIpc) is 2.59. The van der Waals surface area contributed by atoms with E-state index in [4.69, 9.17) is 4.74 Å². The molecule has 2 rings (SSSR count). The van der Waals surface area contributed by atoms with Crippen LogP contribution in [0.2, 0.25) is 0 Å². The van der Waals surface area contributed by atoms with Gasteiger partial charge in [0.15, 0.2) is 0 Å². The first kappa shape index (κ1) is 19.0. The molecule has 0 radical (unpaired) electrons. The van der Waals surface area contributed by atoms with Gasteiger partial charge in [0.05, 0.1) is 0 Å². The van der Waals surface area contributed by atoms with Crippen LogP contribution in [0.5, 0.6) is 5.75 Å². The molecule has 0 aliphatic rings. The fourth-order valence-corrected chi connectivity index (χ4v) is 4.84. The Morgan fingerprint density at radius 1 is 1.12 bits per heavy atom. The van der Waals surface area contributed by atoms with Crippen molar-refractivity contribution in [1.82, 2.24) is 0 Å². The Kier molecular flexibility index (Phi) is 7.36. The topological polar surface area (TPSA) is 29.5 Å². The standard InChI is InChI=1S/C21H28O2Se/c1-4-5-13-21(2,22)15-18-14-19(23-3)11-12-20(18)24-16-17-9-7-6-8-10-17/h6-12,14,22H,4-5,13,15-16H2,1-3H3. The van der Waals surface area contributed by atoms with Crippen molar-refractivity contribution in [2.24, 2.45) is 0 Å². The minimum atomic E-state index is -0.653. The van der Waals surface area contributed by atoms with Gasteiger partial charge in [-0.05, 0) is 0 Å². The molecule has 0 aliphatic heterocycles. The monoisotopic (exact) mass is 392 g/mol. The van der Waals surface area contributed by atoms with Gasteiger partial charge in [0.1, 0.15) is 0 Å². The average molecular weight is 391 g/mol. The first-order valence-electron chi connectivity index (χ1n) is 8.60. The van der Waals surface area contributed by atoms with E-state index < -0.39 is 5.60 Å². The van der Waals surface area contributed by atoms with Gasteiger partial charge in [-0.1, -0.05) is 0 Å². The zero-order chi connectivity index (χ0) is 17.4. The predicted octanol–water partition coefficient (Wildman–Crippen LogP) is 3.71. The molecule has 2 aromatic rings. The second kappa shape index (κ2) is 9.27. The molecule has 0 fully saturated rings. The zero-order valence-electron chi connectivity index (χ0n) is 14.9. The second-order valence-corrected chi connectivity index (χ2v) is 8.66. The van der Waals surface area contributed by atoms with Crippen LogP contribution in [0.1, 0.15) is 44.2 Å². The van der Waals surface area contributed by atoms with Crippen LogP contribution in [0, 0.1) is 0 Å². The van der Waals surface area contributed by atoms with Crippen LogP contribution in [0.15, 0.2) is 48.5 Å². The molecule has 0 bridgehead atoms. The predicted molar refractivity (Wildman–Crippen MR) is 102 cm³/mol. The van der Waals surface area contributed by atoms with E-state index in [1.165, 1.54) is 15.6 Å². The number of unbranched alkanes of at least 4 members (excludes halogenated alkanes) is 1. The number of hydrogen-bond acceptors (Lipinski definition) is 2. The molecule has 0 saturated carbocycles. The van der Waals surface area contributed by atoms with E-state index in [-0.39, 0.29) is 0 Å². The van der Waals surface area contributed by atoms with Crippen LogP contribution in [-0.4, -0.2) is 32.8 Å². The van der Waals surface area contributed by atoms with Crippen molar-refractivity contribution < 1.29 is 9.84 Å². The number of methoxy groups -OCH3 is 1. The zero-order valence-corrected chi connectivity index (χ0v) is 16.6. The van der Waals surface area contributed by atoms with Crippen molar-refractivity contribution in [3.63, 3.8) is 0 Å². The number of benzene rings is 2. The van der Waals surface area contributed by atoms with Gasteiger partial charge < -0.3 is 0 Å². The molecule has 2 nitrogen and oxygen atoms in total. The Labute approximate surface area is 152 Å². The van der Waals surface area contributed by atoms with Crippen LogP contribution in [0.4, 0.5) is 0 Å². The molecule has 0 spiro atoms. The van der Waals surface area contributed by atoms with Crippen LogP contribution in [0.3, 0.4) is 0 Å². The maximum absolute atomic E-state index is 10.7. The third kappa shape index (κ3) is 5.98. The normalized spacial score (nSPS) is 13.5. The Morgan fingerprint density at radius 2 is 1.88 bits per heavy atom. The molecule has 0 heterocycles. The maximum atomic E-state index is 10.7. The molecular formula is C21H28O2Se. The van der Waals surface area contributed by atoms with E-state index in [1.807, 2.05) is 13.0 Å². The molecule has 1 atom stereocenters. The van der Waals surface area contributed by atoms with E-state index in [2.05, 4.69) is 49.4 Å². The summed E-state index contributed by atoms with van der Waals surface area (Å²) in [6.45, 7) is 4.12. The van der Waals surface area contributed by atoms with Crippen molar-refractivity contribution >= 4 is 19.4 Å². The Bertz CT molecular complexity index is 623. The van der Waals surface area contributed by atoms with Crippen LogP contribution in [-0.2, 0) is 11.7 Å². The second-order valence-electron chi connectivity index (χ2n) is 6.53. The molecule has 2 aromatic carbocycles. The molecule has 0 aliphatic carbocycles. The molecular weight excluding hydrogens is 363 g/mol. The van der Waals surface area contributed by atoms with Crippen molar-refractivity contribution in [2.45, 2.75) is 50.5 Å². The fraction of sp³-hybridized carbons (Fsp3) is 0.429. The van der Waals surface area contributed by atoms with Gasteiger partial charge in [-0.15, -0.1) is 0 Å². The summed E-state index contributed by atoms with van der Waals surface area (Å²) < 4.78 is 6.76. The van der Waals surface area contributed by atoms with Crippen molar-refractivity contribution in [1.29, 1.82) is 0 Å². The van der Waals surface area contributed by atoms with E-state index >= 15 is 0 Å². The molecule has 0 saturated heterocycles. The molecule has 1 unspecified atom stereocenters. The fourth-order valence-electron chi connectivity index (χ4n) is 2.75. The van der Waals surface area contributed by atoms with Gasteiger partial charge >= 0.3 is 152 Å². The molecule has 1 N–H and O–H groups in total. The Morgan fingerprint density at radius 3 is 2.54 bits per heavy atom. The third-order valence-electron chi connectivity index (χ3n) is 4.15. The SMILES string of the molecule is CCCCC(C)(O)Cc1cc(OC)ccc1[Se]Cc1ccccc1. The van der Waals surface area contributed by atoms with Crippen LogP contribution in [0.25, 0.3) is 0 Å². The minimum absolute atomic E-state index is 0.351. The summed E-state index contributed by atoms with van der Waals surface area (Å²) in [6, 6.07) is 16.9. The molecule has 24 heavy (non-hydrogen) atoms. The summed E-state index contributed by atoms with van der Waals surface area (Å²) in [7, 11) is 1.70. The van der Waals surface area contributed by atoms with Crippen molar-refractivity contribution in [3.05, 3.63) is 59.7 Å². The summed E-state index contributed by atoms with van der Waals surface area (Å²) in [6.07, 6.45) is 3.70. The van der Waals surface area contributed by atoms with Crippen molar-refractivity contribution in [3.8, 4) is 5.75 Å². The van der Waals surface area contributed by atoms with Gasteiger partial charge in [0.2, 0.25) is 0 Å². The third-order valence-corrected chi connectivity index (χ3v) is 6.64. The Balaban J connectivity index is 2.14. The number of rotatable bonds is 9. The number of aliphatic hydroxyl groups is 1. The summed E-state index contributed by atoms with van der Waals surface area (Å²) in [5.41, 5.74) is 1.95. The first-order chi connectivity index (χ1) is 11.5. The molecule has 130 valence electrons. The summed E-state index contributed by atoms with van der Waals surface area (Å²) in [5, 5.41) is 11.8. The summed E-state index contributed by atoms with van der Waals surface area (Å²) >= 11 is 0.351. The van der Waals surface area contributed by atoms with E-state index in [1.54, 1.807) is 7.11 Å². The van der Waals surface area contributed by atoms with E-state index in [9.17, 15) is 5.11 Å².